The molecule has 2 nitrogen and oxygen atoms in total. The second-order valence-corrected chi connectivity index (χ2v) is 1.75. The lowest BCUT2D eigenvalue weighted by atomic mass is 10.3. The largest absolute Gasteiger partial charge is 0.329 e. The molecule has 0 aliphatic heterocycles. The first-order chi connectivity index (χ1) is 5.18. The molecule has 1 amide bonds. The number of carbonyl (C=O) groups excluding carboxylic acids is 1. The quantitative estimate of drug-likeness (QED) is 0.609. The van der Waals surface area contributed by atoms with Crippen LogP contribution in [0.2, 0.25) is 0 Å². The molecular formula is C9H17NO. The Morgan fingerprint density at radius 1 is 1.45 bits per heavy atom. The van der Waals surface area contributed by atoms with Gasteiger partial charge in [-0.25, -0.2) is 0 Å². The Morgan fingerprint density at radius 3 is 2.18 bits per heavy atom. The van der Waals surface area contributed by atoms with E-state index in [9.17, 15) is 4.79 Å². The lowest BCUT2D eigenvalue weighted by Gasteiger charge is -1.94. The molecule has 0 aliphatic carbocycles. The van der Waals surface area contributed by atoms with Crippen LogP contribution in [0.1, 0.15) is 27.7 Å². The molecule has 0 saturated heterocycles. The van der Waals surface area contributed by atoms with Gasteiger partial charge in [0.2, 0.25) is 5.91 Å². The Labute approximate surface area is 69.0 Å². The van der Waals surface area contributed by atoms with Crippen LogP contribution in [0.5, 0.6) is 0 Å². The van der Waals surface area contributed by atoms with Crippen molar-refractivity contribution in [1.29, 1.82) is 0 Å². The van der Waals surface area contributed by atoms with Crippen LogP contribution in [-0.4, -0.2) is 5.91 Å². The lowest BCUT2D eigenvalue weighted by Crippen LogP contribution is -2.16. The van der Waals surface area contributed by atoms with Gasteiger partial charge in [-0.3, -0.25) is 4.79 Å². The number of nitrogens with one attached hydrogen (secondary N) is 1. The van der Waals surface area contributed by atoms with E-state index in [0.29, 0.717) is 5.57 Å². The highest BCUT2D eigenvalue weighted by atomic mass is 16.1. The minimum absolute atomic E-state index is 0.131. The molecule has 11 heavy (non-hydrogen) atoms. The van der Waals surface area contributed by atoms with Gasteiger partial charge in [-0.2, -0.15) is 0 Å². The molecule has 0 aromatic carbocycles. The van der Waals surface area contributed by atoms with Crippen molar-refractivity contribution in [3.8, 4) is 0 Å². The SMILES string of the molecule is C=C(C)C(=O)N/C=C\C.CC. The Balaban J connectivity index is 0. The summed E-state index contributed by atoms with van der Waals surface area (Å²) in [4.78, 5) is 10.6. The van der Waals surface area contributed by atoms with Crippen molar-refractivity contribution in [2.75, 3.05) is 0 Å². The van der Waals surface area contributed by atoms with Crippen molar-refractivity contribution in [2.24, 2.45) is 0 Å². The number of hydrogen-bond acceptors (Lipinski definition) is 1. The van der Waals surface area contributed by atoms with Crippen molar-refractivity contribution in [2.45, 2.75) is 27.7 Å². The van der Waals surface area contributed by atoms with Crippen LogP contribution < -0.4 is 5.32 Å². The van der Waals surface area contributed by atoms with Crippen LogP contribution in [0, 0.1) is 0 Å². The van der Waals surface area contributed by atoms with E-state index in [-0.39, 0.29) is 5.91 Å². The molecule has 0 spiro atoms. The smallest absolute Gasteiger partial charge is 0.250 e. The molecule has 1 N–H and O–H groups in total. The van der Waals surface area contributed by atoms with Crippen molar-refractivity contribution in [3.63, 3.8) is 0 Å². The number of rotatable bonds is 2. The zero-order valence-corrected chi connectivity index (χ0v) is 7.77. The summed E-state index contributed by atoms with van der Waals surface area (Å²) >= 11 is 0. The third-order valence-corrected chi connectivity index (χ3v) is 0.769. The first kappa shape index (κ1) is 12.6. The molecule has 0 radical (unpaired) electrons. The van der Waals surface area contributed by atoms with Crippen LogP contribution in [0.3, 0.4) is 0 Å². The topological polar surface area (TPSA) is 29.1 Å². The minimum atomic E-state index is -0.131. The fourth-order valence-electron chi connectivity index (χ4n) is 0.282. The van der Waals surface area contributed by atoms with Gasteiger partial charge < -0.3 is 5.32 Å². The van der Waals surface area contributed by atoms with Crippen LogP contribution in [0.25, 0.3) is 0 Å². The molecule has 2 heteroatoms. The van der Waals surface area contributed by atoms with E-state index < -0.39 is 0 Å². The molecular weight excluding hydrogens is 138 g/mol. The van der Waals surface area contributed by atoms with Crippen molar-refractivity contribution >= 4 is 5.91 Å². The highest BCUT2D eigenvalue weighted by Crippen LogP contribution is 1.83. The van der Waals surface area contributed by atoms with Gasteiger partial charge >= 0.3 is 0 Å². The average molecular weight is 155 g/mol. The van der Waals surface area contributed by atoms with Crippen LogP contribution in [0.4, 0.5) is 0 Å². The summed E-state index contributed by atoms with van der Waals surface area (Å²) in [7, 11) is 0. The second kappa shape index (κ2) is 8.95. The predicted octanol–water partition coefficient (Wildman–Crippen LogP) is 2.24. The van der Waals surface area contributed by atoms with Gasteiger partial charge in [0.1, 0.15) is 0 Å². The molecule has 64 valence electrons. The van der Waals surface area contributed by atoms with E-state index in [1.54, 1.807) is 19.2 Å². The molecule has 0 aliphatic rings. The second-order valence-electron chi connectivity index (χ2n) is 1.75. The summed E-state index contributed by atoms with van der Waals surface area (Å²) in [5.74, 6) is -0.131. The third kappa shape index (κ3) is 8.95. The van der Waals surface area contributed by atoms with E-state index in [1.165, 1.54) is 0 Å². The maximum absolute atomic E-state index is 10.6. The van der Waals surface area contributed by atoms with E-state index >= 15 is 0 Å². The highest BCUT2D eigenvalue weighted by Gasteiger charge is 1.94. The summed E-state index contributed by atoms with van der Waals surface area (Å²) in [5, 5.41) is 2.51. The molecule has 0 aromatic rings. The van der Waals surface area contributed by atoms with E-state index in [1.807, 2.05) is 20.8 Å². The van der Waals surface area contributed by atoms with Gasteiger partial charge in [0.15, 0.2) is 0 Å². The number of hydrogen-bond donors (Lipinski definition) is 1. The Morgan fingerprint density at radius 2 is 1.91 bits per heavy atom. The van der Waals surface area contributed by atoms with Crippen LogP contribution >= 0.6 is 0 Å². The number of carbonyl (C=O) groups is 1. The average Bonchev–Trinajstić information content (AvgIpc) is 2.03. The molecule has 0 rings (SSSR count). The van der Waals surface area contributed by atoms with Crippen molar-refractivity contribution < 1.29 is 4.79 Å². The maximum Gasteiger partial charge on any atom is 0.250 e. The monoisotopic (exact) mass is 155 g/mol. The lowest BCUT2D eigenvalue weighted by molar-refractivity contribution is -0.116. The van der Waals surface area contributed by atoms with Crippen molar-refractivity contribution in [3.05, 3.63) is 24.4 Å². The standard InChI is InChI=1S/C7H11NO.C2H6/c1-4-5-8-7(9)6(2)3;1-2/h4-5H,2H2,1,3H3,(H,8,9);1-2H3/b5-4-;. The molecule has 0 atom stereocenters. The third-order valence-electron chi connectivity index (χ3n) is 0.769. The fourth-order valence-corrected chi connectivity index (χ4v) is 0.282. The van der Waals surface area contributed by atoms with Crippen LogP contribution in [0.15, 0.2) is 24.4 Å². The molecule has 0 bridgehead atoms. The Hall–Kier alpha value is -1.05. The Kier molecular flexibility index (Phi) is 10.3. The van der Waals surface area contributed by atoms with Gasteiger partial charge in [0, 0.05) is 5.57 Å². The normalized spacial score (nSPS) is 8.36. The summed E-state index contributed by atoms with van der Waals surface area (Å²) in [5.41, 5.74) is 0.521. The minimum Gasteiger partial charge on any atom is -0.329 e. The number of allylic oxidation sites excluding steroid dienone is 1. The zero-order valence-electron chi connectivity index (χ0n) is 7.77. The van der Waals surface area contributed by atoms with Gasteiger partial charge in [-0.05, 0) is 20.0 Å². The zero-order chi connectivity index (χ0) is 9.28. The van der Waals surface area contributed by atoms with Gasteiger partial charge in [-0.15, -0.1) is 0 Å². The molecule has 0 heterocycles. The fraction of sp³-hybridized carbons (Fsp3) is 0.444. The number of amides is 1. The Bertz CT molecular complexity index is 148. The molecule has 0 unspecified atom stereocenters. The highest BCUT2D eigenvalue weighted by molar-refractivity contribution is 5.92. The first-order valence-corrected chi connectivity index (χ1v) is 3.76. The maximum atomic E-state index is 10.6. The van der Waals surface area contributed by atoms with Crippen molar-refractivity contribution in [1.82, 2.24) is 5.32 Å². The summed E-state index contributed by atoms with van der Waals surface area (Å²) in [6.45, 7) is 11.0. The summed E-state index contributed by atoms with van der Waals surface area (Å²) in [6.07, 6.45) is 3.33. The predicted molar refractivity (Wildman–Crippen MR) is 49.1 cm³/mol. The van der Waals surface area contributed by atoms with Gasteiger partial charge in [-0.1, -0.05) is 26.5 Å². The van der Waals surface area contributed by atoms with Gasteiger partial charge in [0.05, 0.1) is 0 Å². The molecule has 0 fully saturated rings. The van der Waals surface area contributed by atoms with E-state index in [2.05, 4.69) is 11.9 Å². The van der Waals surface area contributed by atoms with Crippen LogP contribution in [-0.2, 0) is 4.79 Å². The summed E-state index contributed by atoms with van der Waals surface area (Å²) in [6, 6.07) is 0. The van der Waals surface area contributed by atoms with E-state index in [0.717, 1.165) is 0 Å². The van der Waals surface area contributed by atoms with Gasteiger partial charge in [0.25, 0.3) is 0 Å². The molecule has 0 aromatic heterocycles. The summed E-state index contributed by atoms with van der Waals surface area (Å²) < 4.78 is 0. The first-order valence-electron chi connectivity index (χ1n) is 3.76. The molecule has 0 saturated carbocycles. The van der Waals surface area contributed by atoms with E-state index in [4.69, 9.17) is 0 Å².